The highest BCUT2D eigenvalue weighted by Crippen LogP contribution is 2.25. The zero-order valence-electron chi connectivity index (χ0n) is 20.6. The van der Waals surface area contributed by atoms with E-state index in [9.17, 15) is 19.2 Å². The lowest BCUT2D eigenvalue weighted by atomic mass is 9.86. The molecule has 0 aromatic heterocycles. The molecule has 186 valence electrons. The predicted octanol–water partition coefficient (Wildman–Crippen LogP) is 1.35. The summed E-state index contributed by atoms with van der Waals surface area (Å²) < 4.78 is 10.5. The standard InChI is InChI=1S/C23H38N4O6/c1-16(2)19(29)22(5)14-26(6)20(30)32-11-7-8-12-33-21(31)27-10-9-23(15-27,25-17(3)4)18(28)13-24-22/h7-8,16-17,24-25H,9-15H2,1-6H3/t22-,23-/m1/s1. The Labute approximate surface area is 196 Å². The van der Waals surface area contributed by atoms with Gasteiger partial charge in [-0.05, 0) is 39.3 Å². The van der Waals surface area contributed by atoms with Crippen LogP contribution in [0.3, 0.4) is 0 Å². The molecule has 2 N–H and O–H groups in total. The summed E-state index contributed by atoms with van der Waals surface area (Å²) >= 11 is 0. The molecule has 2 atom stereocenters. The van der Waals surface area contributed by atoms with Gasteiger partial charge < -0.3 is 24.6 Å². The Balaban J connectivity index is 2.35. The first-order chi connectivity index (χ1) is 15.4. The molecule has 0 aliphatic carbocycles. The topological polar surface area (TPSA) is 117 Å². The van der Waals surface area contributed by atoms with E-state index in [0.717, 1.165) is 0 Å². The number of fused-ring (bicyclic) bond motifs is 2. The highest BCUT2D eigenvalue weighted by atomic mass is 16.6. The van der Waals surface area contributed by atoms with Crippen LogP contribution in [0.2, 0.25) is 0 Å². The Kier molecular flexibility index (Phi) is 9.02. The van der Waals surface area contributed by atoms with Gasteiger partial charge in [-0.25, -0.2) is 9.59 Å². The summed E-state index contributed by atoms with van der Waals surface area (Å²) in [4.78, 5) is 54.3. The van der Waals surface area contributed by atoms with Crippen molar-refractivity contribution in [2.24, 2.45) is 5.92 Å². The van der Waals surface area contributed by atoms with Gasteiger partial charge in [0.15, 0.2) is 11.6 Å². The molecule has 0 saturated carbocycles. The molecular formula is C23H38N4O6. The molecule has 10 heteroatoms. The van der Waals surface area contributed by atoms with Gasteiger partial charge in [0, 0.05) is 38.6 Å². The second kappa shape index (κ2) is 11.1. The number of likely N-dealkylation sites (N-methyl/N-ethyl adjacent to an activating group) is 1. The van der Waals surface area contributed by atoms with E-state index >= 15 is 0 Å². The van der Waals surface area contributed by atoms with E-state index in [1.54, 1.807) is 40.0 Å². The number of nitrogens with zero attached hydrogens (tertiary/aromatic N) is 2. The van der Waals surface area contributed by atoms with Crippen molar-refractivity contribution in [2.45, 2.75) is 58.2 Å². The summed E-state index contributed by atoms with van der Waals surface area (Å²) in [5.41, 5.74) is -2.10. The van der Waals surface area contributed by atoms with Crippen LogP contribution in [-0.2, 0) is 19.1 Å². The largest absolute Gasteiger partial charge is 0.445 e. The number of ether oxygens (including phenoxy) is 2. The van der Waals surface area contributed by atoms with Gasteiger partial charge >= 0.3 is 12.2 Å². The van der Waals surface area contributed by atoms with E-state index in [0.29, 0.717) is 13.0 Å². The van der Waals surface area contributed by atoms with Gasteiger partial charge in [-0.3, -0.25) is 14.9 Å². The molecule has 2 aliphatic heterocycles. The molecule has 2 bridgehead atoms. The monoisotopic (exact) mass is 466 g/mol. The van der Waals surface area contributed by atoms with Crippen LogP contribution in [0.5, 0.6) is 0 Å². The van der Waals surface area contributed by atoms with E-state index in [1.807, 2.05) is 13.8 Å². The van der Waals surface area contributed by atoms with E-state index in [1.165, 1.54) is 9.80 Å². The third kappa shape index (κ3) is 6.77. The van der Waals surface area contributed by atoms with Crippen LogP contribution in [0.4, 0.5) is 9.59 Å². The van der Waals surface area contributed by atoms with Crippen molar-refractivity contribution in [2.75, 3.05) is 46.4 Å². The van der Waals surface area contributed by atoms with Gasteiger partial charge in [0.25, 0.3) is 0 Å². The second-order valence-corrected chi connectivity index (χ2v) is 9.66. The van der Waals surface area contributed by atoms with Crippen molar-refractivity contribution < 1.29 is 28.7 Å². The number of rotatable bonds is 4. The smallest absolute Gasteiger partial charge is 0.410 e. The van der Waals surface area contributed by atoms with E-state index in [2.05, 4.69) is 10.6 Å². The average molecular weight is 467 g/mol. The lowest BCUT2D eigenvalue weighted by Gasteiger charge is -2.36. The van der Waals surface area contributed by atoms with Crippen LogP contribution >= 0.6 is 0 Å². The lowest BCUT2D eigenvalue weighted by Crippen LogP contribution is -2.63. The molecular weight excluding hydrogens is 428 g/mol. The third-order valence-electron chi connectivity index (χ3n) is 5.97. The Bertz CT molecular complexity index is 783. The van der Waals surface area contributed by atoms with Crippen LogP contribution in [0, 0.1) is 5.92 Å². The third-order valence-corrected chi connectivity index (χ3v) is 5.97. The Morgan fingerprint density at radius 2 is 1.67 bits per heavy atom. The molecule has 2 heterocycles. The number of carbonyl (C=O) groups is 4. The fraction of sp³-hybridized carbons (Fsp3) is 0.739. The fourth-order valence-electron chi connectivity index (χ4n) is 4.36. The number of nitrogens with one attached hydrogen (secondary N) is 2. The van der Waals surface area contributed by atoms with Gasteiger partial charge in [0.2, 0.25) is 0 Å². The summed E-state index contributed by atoms with van der Waals surface area (Å²) in [7, 11) is 1.55. The van der Waals surface area contributed by atoms with Crippen molar-refractivity contribution in [3.05, 3.63) is 12.2 Å². The average Bonchev–Trinajstić information content (AvgIpc) is 3.17. The first-order valence-corrected chi connectivity index (χ1v) is 11.4. The first-order valence-electron chi connectivity index (χ1n) is 11.4. The van der Waals surface area contributed by atoms with E-state index < -0.39 is 23.3 Å². The zero-order valence-corrected chi connectivity index (χ0v) is 20.6. The molecule has 1 saturated heterocycles. The number of hydrogen-bond donors (Lipinski definition) is 2. The van der Waals surface area contributed by atoms with E-state index in [4.69, 9.17) is 9.47 Å². The second-order valence-electron chi connectivity index (χ2n) is 9.66. The highest BCUT2D eigenvalue weighted by Gasteiger charge is 2.47. The summed E-state index contributed by atoms with van der Waals surface area (Å²) in [6, 6.07) is 0.00606. The summed E-state index contributed by atoms with van der Waals surface area (Å²) in [6.45, 7) is 9.70. The van der Waals surface area contributed by atoms with Crippen LogP contribution < -0.4 is 10.6 Å². The van der Waals surface area contributed by atoms with Gasteiger partial charge in [0.05, 0.1) is 17.6 Å². The molecule has 0 aromatic carbocycles. The van der Waals surface area contributed by atoms with Crippen molar-refractivity contribution in [1.29, 1.82) is 0 Å². The van der Waals surface area contributed by atoms with Crippen LogP contribution in [0.1, 0.15) is 41.0 Å². The molecule has 0 aromatic rings. The number of amides is 2. The molecule has 1 fully saturated rings. The number of cyclic esters (lactones) is 2. The quantitative estimate of drug-likeness (QED) is 0.596. The normalized spacial score (nSPS) is 28.2. The summed E-state index contributed by atoms with van der Waals surface area (Å²) in [6.07, 6.45) is 2.52. The minimum atomic E-state index is -1.16. The molecule has 33 heavy (non-hydrogen) atoms. The minimum absolute atomic E-state index is 0.00606. The summed E-state index contributed by atoms with van der Waals surface area (Å²) in [5.74, 6) is -0.572. The van der Waals surface area contributed by atoms with Gasteiger partial charge in [-0.2, -0.15) is 0 Å². The maximum absolute atomic E-state index is 13.5. The van der Waals surface area contributed by atoms with Gasteiger partial charge in [0.1, 0.15) is 13.2 Å². The molecule has 2 rings (SSSR count). The minimum Gasteiger partial charge on any atom is -0.445 e. The predicted molar refractivity (Wildman–Crippen MR) is 123 cm³/mol. The van der Waals surface area contributed by atoms with Gasteiger partial charge in [-0.1, -0.05) is 13.8 Å². The van der Waals surface area contributed by atoms with Gasteiger partial charge in [-0.15, -0.1) is 0 Å². The van der Waals surface area contributed by atoms with Crippen molar-refractivity contribution in [1.82, 2.24) is 20.4 Å². The first kappa shape index (κ1) is 26.8. The molecule has 0 unspecified atom stereocenters. The SMILES string of the molecule is CC(C)N[C@]12CCN(C1)C(=O)OCC=CCOC(=O)N(C)C[C@](C)(C(=O)C(C)C)NCC2=O. The molecule has 2 amide bonds. The maximum atomic E-state index is 13.5. The Morgan fingerprint density at radius 1 is 1.06 bits per heavy atom. The number of Topliss-reactive ketones (excluding diaryl/α,β-unsaturated/α-hetero) is 2. The maximum Gasteiger partial charge on any atom is 0.410 e. The van der Waals surface area contributed by atoms with Crippen LogP contribution in [0.25, 0.3) is 0 Å². The van der Waals surface area contributed by atoms with Crippen molar-refractivity contribution >= 4 is 23.8 Å². The Morgan fingerprint density at radius 3 is 2.24 bits per heavy atom. The fourth-order valence-corrected chi connectivity index (χ4v) is 4.36. The number of ketones is 2. The number of hydrogen-bond acceptors (Lipinski definition) is 8. The van der Waals surface area contributed by atoms with Crippen LogP contribution in [0.15, 0.2) is 12.2 Å². The Hall–Kier alpha value is -2.46. The van der Waals surface area contributed by atoms with E-state index in [-0.39, 0.29) is 56.4 Å². The highest BCUT2D eigenvalue weighted by molar-refractivity contribution is 5.94. The van der Waals surface area contributed by atoms with Crippen LogP contribution in [-0.4, -0.2) is 97.1 Å². The summed E-state index contributed by atoms with van der Waals surface area (Å²) in [5, 5.41) is 6.47. The van der Waals surface area contributed by atoms with Crippen molar-refractivity contribution in [3.63, 3.8) is 0 Å². The molecule has 0 radical (unpaired) electrons. The molecule has 10 nitrogen and oxygen atoms in total. The zero-order chi connectivity index (χ0) is 24.8. The molecule has 2 aliphatic rings. The number of carbonyl (C=O) groups excluding carboxylic acids is 4. The molecule has 0 spiro atoms. The lowest BCUT2D eigenvalue weighted by molar-refractivity contribution is -0.129. The van der Waals surface area contributed by atoms with Crippen molar-refractivity contribution in [3.8, 4) is 0 Å².